The highest BCUT2D eigenvalue weighted by Gasteiger charge is 2.03. The lowest BCUT2D eigenvalue weighted by Gasteiger charge is -2.05. The molecule has 0 radical (unpaired) electrons. The molecule has 0 atom stereocenters. The molecule has 0 unspecified atom stereocenters. The maximum absolute atomic E-state index is 10.8. The number of ether oxygens (including phenoxy) is 2. The van der Waals surface area contributed by atoms with E-state index in [1.807, 2.05) is 0 Å². The van der Waals surface area contributed by atoms with Crippen LogP contribution in [0.4, 0.5) is 0 Å². The van der Waals surface area contributed by atoms with Gasteiger partial charge in [0.1, 0.15) is 23.0 Å². The van der Waals surface area contributed by atoms with Crippen LogP contribution in [0.1, 0.15) is 13.8 Å². The number of carbonyl (C=O) groups is 2. The number of rotatable bonds is 2. The van der Waals surface area contributed by atoms with Crippen LogP contribution in [0.3, 0.4) is 0 Å². The van der Waals surface area contributed by atoms with Gasteiger partial charge in [0.15, 0.2) is 0 Å². The van der Waals surface area contributed by atoms with Gasteiger partial charge in [0.25, 0.3) is 0 Å². The number of phenols is 2. The minimum Gasteiger partial charge on any atom is -0.508 e. The summed E-state index contributed by atoms with van der Waals surface area (Å²) in [5.41, 5.74) is 0. The van der Waals surface area contributed by atoms with Crippen molar-refractivity contribution in [1.82, 2.24) is 0 Å². The van der Waals surface area contributed by atoms with Gasteiger partial charge in [-0.2, -0.15) is 0 Å². The molecule has 6 heteroatoms. The molecular weight excluding hydrogens is 384 g/mol. The summed E-state index contributed by atoms with van der Waals surface area (Å²) in [5, 5.41) is 21.9. The van der Waals surface area contributed by atoms with E-state index in [4.69, 9.17) is 19.7 Å². The van der Waals surface area contributed by atoms with Crippen LogP contribution in [0.5, 0.6) is 23.0 Å². The van der Waals surface area contributed by atoms with Gasteiger partial charge in [-0.05, 0) is 70.1 Å². The first-order valence-corrected chi connectivity index (χ1v) is 9.12. The van der Waals surface area contributed by atoms with Crippen LogP contribution in [0.2, 0.25) is 0 Å². The zero-order valence-electron chi connectivity index (χ0n) is 16.5. The van der Waals surface area contributed by atoms with E-state index in [1.165, 1.54) is 13.8 Å². The highest BCUT2D eigenvalue weighted by atomic mass is 16.5. The summed E-state index contributed by atoms with van der Waals surface area (Å²) in [4.78, 5) is 21.7. The van der Waals surface area contributed by atoms with Gasteiger partial charge in [-0.25, -0.2) is 0 Å². The lowest BCUT2D eigenvalue weighted by Crippen LogP contribution is -2.01. The molecule has 0 amide bonds. The van der Waals surface area contributed by atoms with Gasteiger partial charge < -0.3 is 19.7 Å². The van der Waals surface area contributed by atoms with Gasteiger partial charge in [0.2, 0.25) is 0 Å². The Bertz CT molecular complexity index is 1130. The molecule has 0 bridgehead atoms. The van der Waals surface area contributed by atoms with Crippen LogP contribution in [-0.4, -0.2) is 22.2 Å². The molecule has 0 aromatic heterocycles. The average Bonchev–Trinajstić information content (AvgIpc) is 2.68. The summed E-state index contributed by atoms with van der Waals surface area (Å²) in [7, 11) is 0. The summed E-state index contributed by atoms with van der Waals surface area (Å²) >= 11 is 0. The fourth-order valence-electron chi connectivity index (χ4n) is 2.88. The summed E-state index contributed by atoms with van der Waals surface area (Å²) < 4.78 is 9.99. The second-order valence-corrected chi connectivity index (χ2v) is 6.57. The molecule has 0 spiro atoms. The van der Waals surface area contributed by atoms with Crippen LogP contribution in [-0.2, 0) is 9.59 Å². The van der Waals surface area contributed by atoms with Crippen molar-refractivity contribution in [3.8, 4) is 23.0 Å². The molecule has 2 N–H and O–H groups in total. The maximum atomic E-state index is 10.8. The highest BCUT2D eigenvalue weighted by molar-refractivity contribution is 5.87. The van der Waals surface area contributed by atoms with Crippen molar-refractivity contribution in [3.05, 3.63) is 72.8 Å². The van der Waals surface area contributed by atoms with E-state index in [9.17, 15) is 9.59 Å². The van der Waals surface area contributed by atoms with Crippen molar-refractivity contribution < 1.29 is 29.3 Å². The second-order valence-electron chi connectivity index (χ2n) is 6.57. The summed E-state index contributed by atoms with van der Waals surface area (Å²) in [6.07, 6.45) is 0. The van der Waals surface area contributed by atoms with Crippen molar-refractivity contribution in [2.75, 3.05) is 0 Å². The highest BCUT2D eigenvalue weighted by Crippen LogP contribution is 2.25. The molecule has 0 aliphatic heterocycles. The molecule has 30 heavy (non-hydrogen) atoms. The van der Waals surface area contributed by atoms with Gasteiger partial charge in [0, 0.05) is 13.8 Å². The van der Waals surface area contributed by atoms with E-state index in [0.29, 0.717) is 11.5 Å². The number of hydrogen-bond acceptors (Lipinski definition) is 6. The van der Waals surface area contributed by atoms with Crippen LogP contribution < -0.4 is 9.47 Å². The molecule has 6 nitrogen and oxygen atoms in total. The fraction of sp³-hybridized carbons (Fsp3) is 0.0833. The van der Waals surface area contributed by atoms with Crippen LogP contribution in [0.25, 0.3) is 21.5 Å². The van der Waals surface area contributed by atoms with Crippen molar-refractivity contribution in [2.45, 2.75) is 13.8 Å². The Morgan fingerprint density at radius 3 is 1.27 bits per heavy atom. The Morgan fingerprint density at radius 2 is 0.900 bits per heavy atom. The topological polar surface area (TPSA) is 93.1 Å². The third kappa shape index (κ3) is 5.48. The molecule has 0 saturated heterocycles. The van der Waals surface area contributed by atoms with Gasteiger partial charge in [-0.3, -0.25) is 9.59 Å². The molecule has 4 aromatic rings. The van der Waals surface area contributed by atoms with Crippen molar-refractivity contribution in [2.24, 2.45) is 0 Å². The smallest absolute Gasteiger partial charge is 0.308 e. The van der Waals surface area contributed by atoms with E-state index in [-0.39, 0.29) is 23.4 Å². The second kappa shape index (κ2) is 8.96. The number of benzene rings is 4. The third-order valence-corrected chi connectivity index (χ3v) is 4.11. The normalized spacial score (nSPS) is 10.2. The molecule has 4 rings (SSSR count). The van der Waals surface area contributed by atoms with Crippen LogP contribution >= 0.6 is 0 Å². The molecule has 0 aliphatic rings. The summed E-state index contributed by atoms with van der Waals surface area (Å²) in [6.45, 7) is 2.71. The molecular formula is C24H20O6. The Labute approximate surface area is 172 Å². The van der Waals surface area contributed by atoms with E-state index in [2.05, 4.69) is 0 Å². The molecule has 0 saturated carbocycles. The van der Waals surface area contributed by atoms with E-state index < -0.39 is 0 Å². The maximum Gasteiger partial charge on any atom is 0.308 e. The Hall–Kier alpha value is -4.06. The summed E-state index contributed by atoms with van der Waals surface area (Å²) in [5.74, 6) is 0.767. The number of aromatic hydroxyl groups is 2. The minimum atomic E-state index is -0.356. The van der Waals surface area contributed by atoms with Gasteiger partial charge in [-0.15, -0.1) is 0 Å². The van der Waals surface area contributed by atoms with E-state index in [1.54, 1.807) is 72.8 Å². The Balaban J connectivity index is 0.000000184. The van der Waals surface area contributed by atoms with Gasteiger partial charge in [0.05, 0.1) is 0 Å². The lowest BCUT2D eigenvalue weighted by atomic mass is 10.1. The predicted molar refractivity (Wildman–Crippen MR) is 114 cm³/mol. The molecule has 4 aromatic carbocycles. The fourth-order valence-corrected chi connectivity index (χ4v) is 2.88. The number of esters is 2. The summed E-state index contributed by atoms with van der Waals surface area (Å²) in [6, 6.07) is 20.6. The predicted octanol–water partition coefficient (Wildman–Crippen LogP) is 4.94. The van der Waals surface area contributed by atoms with Crippen LogP contribution in [0, 0.1) is 0 Å². The number of phenolic OH excluding ortho intramolecular Hbond substituents is 2. The van der Waals surface area contributed by atoms with E-state index >= 15 is 0 Å². The SMILES string of the molecule is CC(=O)Oc1ccc2cc(OC(C)=O)ccc2c1.Oc1ccc2cc(O)ccc2c1. The quantitative estimate of drug-likeness (QED) is 0.363. The number of fused-ring (bicyclic) bond motifs is 2. The average molecular weight is 404 g/mol. The van der Waals surface area contributed by atoms with Gasteiger partial charge >= 0.3 is 11.9 Å². The van der Waals surface area contributed by atoms with Crippen LogP contribution in [0.15, 0.2) is 72.8 Å². The first-order valence-electron chi connectivity index (χ1n) is 9.12. The minimum absolute atomic E-state index is 0.244. The van der Waals surface area contributed by atoms with Crippen molar-refractivity contribution in [3.63, 3.8) is 0 Å². The molecule has 0 heterocycles. The Kier molecular flexibility index (Phi) is 6.17. The number of hydrogen-bond donors (Lipinski definition) is 2. The van der Waals surface area contributed by atoms with Crippen molar-refractivity contribution in [1.29, 1.82) is 0 Å². The zero-order valence-corrected chi connectivity index (χ0v) is 16.5. The van der Waals surface area contributed by atoms with E-state index in [0.717, 1.165) is 21.5 Å². The first kappa shape index (κ1) is 20.7. The molecule has 0 aliphatic carbocycles. The van der Waals surface area contributed by atoms with Gasteiger partial charge in [-0.1, -0.05) is 24.3 Å². The standard InChI is InChI=1S/C14H12O4.C10H8O2/c1-9(15)17-13-5-3-12-8-14(18-10(2)16)6-4-11(12)7-13;11-9-3-1-7-5-10(12)4-2-8(7)6-9/h3-8H,1-2H3;1-6,11-12H. The zero-order chi connectivity index (χ0) is 21.7. The Morgan fingerprint density at radius 1 is 0.567 bits per heavy atom. The number of carbonyl (C=O) groups excluding carboxylic acids is 2. The third-order valence-electron chi connectivity index (χ3n) is 4.11. The van der Waals surface area contributed by atoms with Crippen molar-refractivity contribution >= 4 is 33.5 Å². The monoisotopic (exact) mass is 404 g/mol. The molecule has 0 fully saturated rings. The first-order chi connectivity index (χ1) is 14.3. The largest absolute Gasteiger partial charge is 0.508 e. The lowest BCUT2D eigenvalue weighted by molar-refractivity contribution is -0.132. The molecule has 152 valence electrons.